The summed E-state index contributed by atoms with van der Waals surface area (Å²) in [6, 6.07) is 17.4. The number of benzene rings is 2. The predicted octanol–water partition coefficient (Wildman–Crippen LogP) is 2.88. The van der Waals surface area contributed by atoms with Crippen molar-refractivity contribution in [2.45, 2.75) is 31.6 Å². The molecule has 0 spiro atoms. The zero-order valence-electron chi connectivity index (χ0n) is 15.3. The maximum Gasteiger partial charge on any atom is 0.258 e. The van der Waals surface area contributed by atoms with Crippen LogP contribution < -0.4 is 4.74 Å². The van der Waals surface area contributed by atoms with Crippen LogP contribution in [-0.4, -0.2) is 47.8 Å². The summed E-state index contributed by atoms with van der Waals surface area (Å²) < 4.78 is 11.8. The maximum atomic E-state index is 13.3. The Morgan fingerprint density at radius 2 is 1.89 bits per heavy atom. The molecule has 5 nitrogen and oxygen atoms in total. The van der Waals surface area contributed by atoms with Crippen molar-refractivity contribution in [3.8, 4) is 5.75 Å². The van der Waals surface area contributed by atoms with Crippen LogP contribution in [0, 0.1) is 5.92 Å². The molecule has 3 atom stereocenters. The Morgan fingerprint density at radius 3 is 2.70 bits per heavy atom. The Labute approximate surface area is 159 Å². The van der Waals surface area contributed by atoms with Gasteiger partial charge in [0.1, 0.15) is 12.4 Å². The molecule has 142 valence electrons. The van der Waals surface area contributed by atoms with E-state index in [0.717, 1.165) is 18.4 Å². The Bertz CT molecular complexity index is 779. The number of para-hydroxylation sites is 1. The number of carbonyl (C=O) groups is 1. The second-order valence-electron chi connectivity index (χ2n) is 7.27. The van der Waals surface area contributed by atoms with Gasteiger partial charge in [-0.05, 0) is 36.5 Å². The first-order chi connectivity index (χ1) is 13.3. The van der Waals surface area contributed by atoms with E-state index in [2.05, 4.69) is 0 Å². The van der Waals surface area contributed by atoms with E-state index in [-0.39, 0.29) is 30.6 Å². The van der Waals surface area contributed by atoms with Gasteiger partial charge >= 0.3 is 0 Å². The molecule has 1 aliphatic heterocycles. The topological polar surface area (TPSA) is 59.0 Å². The van der Waals surface area contributed by atoms with Crippen molar-refractivity contribution in [3.63, 3.8) is 0 Å². The highest BCUT2D eigenvalue weighted by Gasteiger charge is 2.43. The fraction of sp³-hybridized carbons (Fsp3) is 0.409. The maximum absolute atomic E-state index is 13.3. The lowest BCUT2D eigenvalue weighted by atomic mass is 10.1. The number of fused-ring (bicyclic) bond motifs is 1. The molecule has 5 heteroatoms. The molecule has 0 radical (unpaired) electrons. The van der Waals surface area contributed by atoms with E-state index in [4.69, 9.17) is 9.47 Å². The van der Waals surface area contributed by atoms with Crippen molar-refractivity contribution >= 4 is 5.91 Å². The minimum absolute atomic E-state index is 0.0180. The second kappa shape index (κ2) is 8.11. The van der Waals surface area contributed by atoms with Gasteiger partial charge in [0, 0.05) is 13.2 Å². The highest BCUT2D eigenvalue weighted by atomic mass is 16.5. The molecule has 1 heterocycles. The summed E-state index contributed by atoms with van der Waals surface area (Å²) in [6.07, 6.45) is 1.63. The van der Waals surface area contributed by atoms with Gasteiger partial charge in [0.05, 0.1) is 24.3 Å². The summed E-state index contributed by atoms with van der Waals surface area (Å²) in [5.41, 5.74) is 1.65. The lowest BCUT2D eigenvalue weighted by Crippen LogP contribution is -2.51. The summed E-state index contributed by atoms with van der Waals surface area (Å²) in [5, 5.41) is 9.50. The van der Waals surface area contributed by atoms with E-state index >= 15 is 0 Å². The first-order valence-corrected chi connectivity index (χ1v) is 9.55. The molecule has 2 aromatic carbocycles. The number of amides is 1. The summed E-state index contributed by atoms with van der Waals surface area (Å²) in [4.78, 5) is 15.2. The van der Waals surface area contributed by atoms with Crippen LogP contribution in [-0.2, 0) is 11.3 Å². The lowest BCUT2D eigenvalue weighted by Gasteiger charge is -2.37. The Kier molecular flexibility index (Phi) is 5.41. The molecular formula is C22H25NO4. The zero-order chi connectivity index (χ0) is 18.6. The highest BCUT2D eigenvalue weighted by Crippen LogP contribution is 2.35. The average molecular weight is 367 g/mol. The molecule has 1 N–H and O–H groups in total. The number of nitrogens with zero attached hydrogens (tertiary/aromatic N) is 1. The van der Waals surface area contributed by atoms with Gasteiger partial charge < -0.3 is 19.5 Å². The number of morpholine rings is 1. The second-order valence-corrected chi connectivity index (χ2v) is 7.27. The van der Waals surface area contributed by atoms with Crippen LogP contribution in [0.1, 0.15) is 28.8 Å². The molecule has 2 aliphatic rings. The normalized spacial score (nSPS) is 24.5. The van der Waals surface area contributed by atoms with E-state index < -0.39 is 0 Å². The van der Waals surface area contributed by atoms with Crippen molar-refractivity contribution in [1.82, 2.24) is 4.90 Å². The number of ether oxygens (including phenoxy) is 2. The molecule has 1 amide bonds. The molecule has 0 bridgehead atoms. The molecule has 1 unspecified atom stereocenters. The molecule has 2 fully saturated rings. The quantitative estimate of drug-likeness (QED) is 0.883. The standard InChI is InChI=1S/C22H25NO4/c24-14-17-12-19-21(13-17)26-11-10-23(19)22(25)18-8-4-5-9-20(18)27-15-16-6-2-1-3-7-16/h1-9,17,19,21,24H,10-15H2/t17-,19+,21?/m1/s1. The highest BCUT2D eigenvalue weighted by molar-refractivity contribution is 5.97. The SMILES string of the molecule is O=C(c1ccccc1OCc1ccccc1)N1CCOC2C[C@H](CO)C[C@@H]21. The number of aliphatic hydroxyl groups excluding tert-OH is 1. The number of carbonyl (C=O) groups excluding carboxylic acids is 1. The van der Waals surface area contributed by atoms with Crippen molar-refractivity contribution in [2.24, 2.45) is 5.92 Å². The smallest absolute Gasteiger partial charge is 0.258 e. The Morgan fingerprint density at radius 1 is 1.11 bits per heavy atom. The molecule has 4 rings (SSSR count). The largest absolute Gasteiger partial charge is 0.488 e. The number of aliphatic hydroxyl groups is 1. The first-order valence-electron chi connectivity index (χ1n) is 9.55. The van der Waals surface area contributed by atoms with Crippen LogP contribution in [0.2, 0.25) is 0 Å². The van der Waals surface area contributed by atoms with Crippen LogP contribution in [0.5, 0.6) is 5.75 Å². The van der Waals surface area contributed by atoms with Crippen LogP contribution in [0.4, 0.5) is 0 Å². The van der Waals surface area contributed by atoms with Crippen LogP contribution in [0.15, 0.2) is 54.6 Å². The zero-order valence-corrected chi connectivity index (χ0v) is 15.3. The molecule has 1 saturated heterocycles. The predicted molar refractivity (Wildman–Crippen MR) is 102 cm³/mol. The van der Waals surface area contributed by atoms with Crippen LogP contribution in [0.3, 0.4) is 0 Å². The van der Waals surface area contributed by atoms with Gasteiger partial charge in [-0.3, -0.25) is 4.79 Å². The van der Waals surface area contributed by atoms with Gasteiger partial charge in [0.2, 0.25) is 0 Å². The third kappa shape index (κ3) is 3.84. The molecule has 2 aromatic rings. The summed E-state index contributed by atoms with van der Waals surface area (Å²) in [7, 11) is 0. The van der Waals surface area contributed by atoms with Crippen molar-refractivity contribution in [1.29, 1.82) is 0 Å². The van der Waals surface area contributed by atoms with Gasteiger partial charge in [-0.2, -0.15) is 0 Å². The van der Waals surface area contributed by atoms with E-state index in [1.807, 2.05) is 59.5 Å². The first kappa shape index (κ1) is 18.0. The monoisotopic (exact) mass is 367 g/mol. The third-order valence-corrected chi connectivity index (χ3v) is 5.51. The summed E-state index contributed by atoms with van der Waals surface area (Å²) >= 11 is 0. The minimum atomic E-state index is -0.0180. The van der Waals surface area contributed by atoms with E-state index in [0.29, 0.717) is 31.1 Å². The lowest BCUT2D eigenvalue weighted by molar-refractivity contribution is -0.0449. The molecule has 1 aliphatic carbocycles. The van der Waals surface area contributed by atoms with Crippen molar-refractivity contribution in [3.05, 3.63) is 65.7 Å². The number of hydrogen-bond donors (Lipinski definition) is 1. The minimum Gasteiger partial charge on any atom is -0.488 e. The number of hydrogen-bond acceptors (Lipinski definition) is 4. The van der Waals surface area contributed by atoms with Crippen LogP contribution in [0.25, 0.3) is 0 Å². The number of rotatable bonds is 5. The van der Waals surface area contributed by atoms with Gasteiger partial charge in [0.25, 0.3) is 5.91 Å². The van der Waals surface area contributed by atoms with E-state index in [1.54, 1.807) is 0 Å². The van der Waals surface area contributed by atoms with Gasteiger partial charge in [-0.25, -0.2) is 0 Å². The van der Waals surface area contributed by atoms with Gasteiger partial charge in [-0.15, -0.1) is 0 Å². The molecule has 27 heavy (non-hydrogen) atoms. The Hall–Kier alpha value is -2.37. The molecular weight excluding hydrogens is 342 g/mol. The van der Waals surface area contributed by atoms with Gasteiger partial charge in [0.15, 0.2) is 0 Å². The van der Waals surface area contributed by atoms with Gasteiger partial charge in [-0.1, -0.05) is 42.5 Å². The fourth-order valence-corrected chi connectivity index (χ4v) is 4.11. The van der Waals surface area contributed by atoms with E-state index in [1.165, 1.54) is 0 Å². The third-order valence-electron chi connectivity index (χ3n) is 5.51. The molecule has 1 saturated carbocycles. The molecule has 0 aromatic heterocycles. The van der Waals surface area contributed by atoms with E-state index in [9.17, 15) is 9.90 Å². The van der Waals surface area contributed by atoms with Crippen molar-refractivity contribution < 1.29 is 19.4 Å². The summed E-state index contributed by atoms with van der Waals surface area (Å²) in [6.45, 7) is 1.69. The van der Waals surface area contributed by atoms with Crippen molar-refractivity contribution in [2.75, 3.05) is 19.8 Å². The average Bonchev–Trinajstić information content (AvgIpc) is 3.16. The van der Waals surface area contributed by atoms with Crippen LogP contribution >= 0.6 is 0 Å². The summed E-state index contributed by atoms with van der Waals surface area (Å²) in [5.74, 6) is 0.791. The fourth-order valence-electron chi connectivity index (χ4n) is 4.11. The Balaban J connectivity index is 1.51.